The SMILES string of the molecule is Cc1c(CC(=O)N[C@@H](CCCNC(N)=O)C(=O)[O-])c(=O)oc2cc3occ(-c4ccccc4)c3cc12. The Bertz CT molecular complexity index is 1510. The molecule has 0 fully saturated rings. The van der Waals surface area contributed by atoms with Crippen molar-refractivity contribution < 1.29 is 28.3 Å². The van der Waals surface area contributed by atoms with Gasteiger partial charge in [0.2, 0.25) is 5.91 Å². The lowest BCUT2D eigenvalue weighted by Crippen LogP contribution is -2.48. The van der Waals surface area contributed by atoms with E-state index in [1.165, 1.54) is 0 Å². The molecule has 0 saturated carbocycles. The molecule has 4 aromatic rings. The van der Waals surface area contributed by atoms with E-state index in [0.29, 0.717) is 22.1 Å². The van der Waals surface area contributed by atoms with Crippen LogP contribution in [-0.4, -0.2) is 30.5 Å². The summed E-state index contributed by atoms with van der Waals surface area (Å²) in [6, 6.07) is 11.1. The summed E-state index contributed by atoms with van der Waals surface area (Å²) in [5, 5.41) is 17.6. The molecule has 10 nitrogen and oxygen atoms in total. The van der Waals surface area contributed by atoms with Crippen LogP contribution in [0.5, 0.6) is 0 Å². The van der Waals surface area contributed by atoms with Gasteiger partial charge in [0.15, 0.2) is 0 Å². The number of fused-ring (bicyclic) bond motifs is 2. The van der Waals surface area contributed by atoms with Crippen LogP contribution in [0.4, 0.5) is 4.79 Å². The molecule has 4 N–H and O–H groups in total. The molecule has 0 aliphatic carbocycles. The average Bonchev–Trinajstić information content (AvgIpc) is 3.25. The van der Waals surface area contributed by atoms with E-state index in [2.05, 4.69) is 10.6 Å². The number of benzene rings is 2. The van der Waals surface area contributed by atoms with Crippen molar-refractivity contribution in [3.63, 3.8) is 0 Å². The molecule has 0 bridgehead atoms. The number of carboxylic acids is 1. The molecule has 0 aliphatic heterocycles. The van der Waals surface area contributed by atoms with Crippen molar-refractivity contribution in [3.8, 4) is 11.1 Å². The van der Waals surface area contributed by atoms with E-state index in [9.17, 15) is 24.3 Å². The van der Waals surface area contributed by atoms with Gasteiger partial charge in [-0.25, -0.2) is 9.59 Å². The zero-order chi connectivity index (χ0) is 25.8. The number of carbonyl (C=O) groups excluding carboxylic acids is 3. The van der Waals surface area contributed by atoms with E-state index in [4.69, 9.17) is 14.6 Å². The van der Waals surface area contributed by atoms with E-state index in [0.717, 1.165) is 16.5 Å². The molecule has 4 rings (SSSR count). The Morgan fingerprint density at radius 2 is 1.83 bits per heavy atom. The Morgan fingerprint density at radius 1 is 1.08 bits per heavy atom. The number of furan rings is 1. The maximum absolute atomic E-state index is 12.7. The first kappa shape index (κ1) is 24.5. The van der Waals surface area contributed by atoms with Crippen LogP contribution in [0.15, 0.2) is 62.4 Å². The average molecular weight is 490 g/mol. The summed E-state index contributed by atoms with van der Waals surface area (Å²) < 4.78 is 11.2. The summed E-state index contributed by atoms with van der Waals surface area (Å²) in [4.78, 5) is 47.5. The number of carbonyl (C=O) groups is 3. The zero-order valence-electron chi connectivity index (χ0n) is 19.5. The second-order valence-corrected chi connectivity index (χ2v) is 8.40. The first-order chi connectivity index (χ1) is 17.2. The molecule has 0 unspecified atom stereocenters. The quantitative estimate of drug-likeness (QED) is 0.237. The summed E-state index contributed by atoms with van der Waals surface area (Å²) in [5.74, 6) is -2.14. The third-order valence-electron chi connectivity index (χ3n) is 5.99. The van der Waals surface area contributed by atoms with Crippen LogP contribution < -0.4 is 27.1 Å². The largest absolute Gasteiger partial charge is 0.548 e. The highest BCUT2D eigenvalue weighted by molar-refractivity contribution is 6.02. The number of aryl methyl sites for hydroxylation is 1. The van der Waals surface area contributed by atoms with Crippen molar-refractivity contribution in [1.29, 1.82) is 0 Å². The predicted octanol–water partition coefficient (Wildman–Crippen LogP) is 1.74. The van der Waals surface area contributed by atoms with E-state index in [1.807, 2.05) is 36.4 Å². The lowest BCUT2D eigenvalue weighted by molar-refractivity contribution is -0.308. The number of rotatable bonds is 9. The van der Waals surface area contributed by atoms with Crippen LogP contribution in [0.1, 0.15) is 24.0 Å². The minimum atomic E-state index is -1.47. The van der Waals surface area contributed by atoms with Gasteiger partial charge in [-0.3, -0.25) is 4.79 Å². The maximum Gasteiger partial charge on any atom is 0.340 e. The fourth-order valence-electron chi connectivity index (χ4n) is 4.13. The van der Waals surface area contributed by atoms with E-state index >= 15 is 0 Å². The number of hydrogen-bond acceptors (Lipinski definition) is 7. The monoisotopic (exact) mass is 490 g/mol. The van der Waals surface area contributed by atoms with Gasteiger partial charge in [-0.2, -0.15) is 0 Å². The van der Waals surface area contributed by atoms with Gasteiger partial charge in [0, 0.05) is 28.9 Å². The molecule has 3 amide bonds. The molecule has 186 valence electrons. The standard InChI is InChI=1S/C26H25N3O7/c1-14-16-10-18-19(15-6-3-2-4-7-15)13-35-21(18)12-22(16)36-25(33)17(14)11-23(30)29-20(24(31)32)8-5-9-28-26(27)34/h2-4,6-7,10,12-13,20H,5,8-9,11H2,1H3,(H,29,30)(H,31,32)(H3,27,28,34)/p-1/t20-/m0/s1. The smallest absolute Gasteiger partial charge is 0.340 e. The number of urea groups is 1. The number of carboxylic acid groups (broad SMARTS) is 1. The zero-order valence-corrected chi connectivity index (χ0v) is 19.5. The normalized spacial score (nSPS) is 11.9. The van der Waals surface area contributed by atoms with Crippen LogP contribution in [0.25, 0.3) is 33.1 Å². The summed E-state index contributed by atoms with van der Waals surface area (Å²) in [6.45, 7) is 1.86. The summed E-state index contributed by atoms with van der Waals surface area (Å²) in [5.41, 5.74) is 7.66. The summed E-state index contributed by atoms with van der Waals surface area (Å²) >= 11 is 0. The Balaban J connectivity index is 1.60. The lowest BCUT2D eigenvalue weighted by Gasteiger charge is -2.20. The molecule has 0 radical (unpaired) electrons. The van der Waals surface area contributed by atoms with E-state index in [-0.39, 0.29) is 31.4 Å². The second kappa shape index (κ2) is 10.3. The number of hydrogen-bond donors (Lipinski definition) is 3. The molecular weight excluding hydrogens is 466 g/mol. The molecule has 2 heterocycles. The number of nitrogens with one attached hydrogen (secondary N) is 2. The van der Waals surface area contributed by atoms with Gasteiger partial charge in [-0.15, -0.1) is 0 Å². The van der Waals surface area contributed by atoms with Crippen molar-refractivity contribution in [2.75, 3.05) is 6.54 Å². The summed E-state index contributed by atoms with van der Waals surface area (Å²) in [7, 11) is 0. The Kier molecular flexibility index (Phi) is 7.05. The highest BCUT2D eigenvalue weighted by Crippen LogP contribution is 2.34. The molecule has 36 heavy (non-hydrogen) atoms. The molecule has 2 aromatic carbocycles. The van der Waals surface area contributed by atoms with Crippen molar-refractivity contribution in [3.05, 3.63) is 70.3 Å². The lowest BCUT2D eigenvalue weighted by atomic mass is 9.99. The third kappa shape index (κ3) is 5.22. The minimum Gasteiger partial charge on any atom is -0.548 e. The maximum atomic E-state index is 12.7. The molecule has 10 heteroatoms. The van der Waals surface area contributed by atoms with Crippen molar-refractivity contribution >= 4 is 39.8 Å². The van der Waals surface area contributed by atoms with Crippen molar-refractivity contribution in [1.82, 2.24) is 10.6 Å². The van der Waals surface area contributed by atoms with Crippen LogP contribution in [0.2, 0.25) is 0 Å². The molecule has 0 aliphatic rings. The predicted molar refractivity (Wildman–Crippen MR) is 130 cm³/mol. The Hall–Kier alpha value is -4.60. The van der Waals surface area contributed by atoms with Gasteiger partial charge in [-0.1, -0.05) is 30.3 Å². The number of aliphatic carboxylic acids is 1. The molecular formula is C26H24N3O7-. The van der Waals surface area contributed by atoms with E-state index < -0.39 is 29.6 Å². The molecule has 0 saturated heterocycles. The highest BCUT2D eigenvalue weighted by atomic mass is 16.4. The van der Waals surface area contributed by atoms with Gasteiger partial charge in [-0.05, 0) is 37.0 Å². The molecule has 0 spiro atoms. The Labute approximate surface area is 205 Å². The Morgan fingerprint density at radius 3 is 2.53 bits per heavy atom. The van der Waals surface area contributed by atoms with Crippen LogP contribution >= 0.6 is 0 Å². The highest BCUT2D eigenvalue weighted by Gasteiger charge is 2.20. The first-order valence-corrected chi connectivity index (χ1v) is 11.3. The van der Waals surface area contributed by atoms with Crippen LogP contribution in [-0.2, 0) is 16.0 Å². The van der Waals surface area contributed by atoms with Crippen LogP contribution in [0, 0.1) is 6.92 Å². The van der Waals surface area contributed by atoms with Crippen molar-refractivity contribution in [2.45, 2.75) is 32.2 Å². The fraction of sp³-hybridized carbons (Fsp3) is 0.231. The fourth-order valence-corrected chi connectivity index (χ4v) is 4.13. The second-order valence-electron chi connectivity index (χ2n) is 8.40. The van der Waals surface area contributed by atoms with Crippen LogP contribution in [0.3, 0.4) is 0 Å². The topological polar surface area (TPSA) is 168 Å². The molecule has 2 aromatic heterocycles. The van der Waals surface area contributed by atoms with Crippen molar-refractivity contribution in [2.24, 2.45) is 5.73 Å². The number of amides is 3. The van der Waals surface area contributed by atoms with Gasteiger partial charge >= 0.3 is 11.7 Å². The van der Waals surface area contributed by atoms with E-state index in [1.54, 1.807) is 19.3 Å². The number of nitrogens with two attached hydrogens (primary N) is 1. The third-order valence-corrected chi connectivity index (χ3v) is 5.99. The first-order valence-electron chi connectivity index (χ1n) is 11.3. The minimum absolute atomic E-state index is 0.0143. The van der Waals surface area contributed by atoms with Gasteiger partial charge in [0.05, 0.1) is 30.3 Å². The van der Waals surface area contributed by atoms with Gasteiger partial charge < -0.3 is 35.1 Å². The van der Waals surface area contributed by atoms with Gasteiger partial charge in [0.1, 0.15) is 11.2 Å². The number of primary amides is 1. The van der Waals surface area contributed by atoms with Gasteiger partial charge in [0.25, 0.3) is 0 Å². The molecule has 1 atom stereocenters. The summed E-state index contributed by atoms with van der Waals surface area (Å²) in [6.07, 6.45) is 1.53.